The number of ketones is 1. The van der Waals surface area contributed by atoms with Crippen LogP contribution in [0.5, 0.6) is 0 Å². The number of carbonyl (C=O) groups excluding carboxylic acids is 1. The van der Waals surface area contributed by atoms with Gasteiger partial charge in [-0.2, -0.15) is 0 Å². The van der Waals surface area contributed by atoms with Crippen LogP contribution in [-0.4, -0.2) is 5.78 Å². The predicted octanol–water partition coefficient (Wildman–Crippen LogP) is 3.35. The van der Waals surface area contributed by atoms with Crippen LogP contribution >= 0.6 is 0 Å². The van der Waals surface area contributed by atoms with Gasteiger partial charge in [-0.05, 0) is 25.3 Å². The number of rotatable bonds is 6. The highest BCUT2D eigenvalue weighted by atomic mass is 16.1. The third-order valence-corrected chi connectivity index (χ3v) is 2.19. The average molecular weight is 168 g/mol. The molecule has 12 heavy (non-hydrogen) atoms. The first kappa shape index (κ1) is 11.4. The topological polar surface area (TPSA) is 17.1 Å². The molecule has 0 heterocycles. The second-order valence-electron chi connectivity index (χ2n) is 3.39. The van der Waals surface area contributed by atoms with Crippen molar-refractivity contribution in [1.29, 1.82) is 0 Å². The van der Waals surface area contributed by atoms with Crippen molar-refractivity contribution in [2.24, 2.45) is 5.92 Å². The first-order valence-electron chi connectivity index (χ1n) is 4.83. The molecule has 0 spiro atoms. The summed E-state index contributed by atoms with van der Waals surface area (Å²) in [6.07, 6.45) is 4.29. The molecule has 0 aliphatic carbocycles. The van der Waals surface area contributed by atoms with Crippen molar-refractivity contribution in [2.75, 3.05) is 0 Å². The Morgan fingerprint density at radius 3 is 2.33 bits per heavy atom. The normalized spacial score (nSPS) is 12.6. The Hall–Kier alpha value is -0.590. The van der Waals surface area contributed by atoms with Gasteiger partial charge in [0.2, 0.25) is 0 Å². The van der Waals surface area contributed by atoms with Crippen molar-refractivity contribution < 1.29 is 4.79 Å². The first-order valence-corrected chi connectivity index (χ1v) is 4.83. The molecule has 0 N–H and O–H groups in total. The highest BCUT2D eigenvalue weighted by Gasteiger charge is 2.15. The molecule has 1 atom stereocenters. The molecule has 0 amide bonds. The van der Waals surface area contributed by atoms with E-state index in [1.807, 2.05) is 0 Å². The smallest absolute Gasteiger partial charge is 0.161 e. The van der Waals surface area contributed by atoms with E-state index in [1.54, 1.807) is 6.92 Å². The third-order valence-electron chi connectivity index (χ3n) is 2.19. The standard InChI is InChI=1S/C11H20O/c1-5-7-8-10(6-2)11(12)9(3)4/h10H,3,5-8H2,1-2,4H3. The van der Waals surface area contributed by atoms with Crippen LogP contribution in [0.2, 0.25) is 0 Å². The van der Waals surface area contributed by atoms with Gasteiger partial charge in [0.05, 0.1) is 0 Å². The van der Waals surface area contributed by atoms with Crippen molar-refractivity contribution in [2.45, 2.75) is 46.5 Å². The molecule has 0 radical (unpaired) electrons. The predicted molar refractivity (Wildman–Crippen MR) is 53.1 cm³/mol. The van der Waals surface area contributed by atoms with Gasteiger partial charge in [-0.3, -0.25) is 4.79 Å². The molecular formula is C11H20O. The SMILES string of the molecule is C=C(C)C(=O)C(CC)CCCC. The Kier molecular flexibility index (Phi) is 5.69. The summed E-state index contributed by atoms with van der Waals surface area (Å²) in [5.74, 6) is 0.480. The van der Waals surface area contributed by atoms with Crippen molar-refractivity contribution in [3.8, 4) is 0 Å². The van der Waals surface area contributed by atoms with E-state index in [0.29, 0.717) is 5.57 Å². The number of unbranched alkanes of at least 4 members (excludes halogenated alkanes) is 1. The maximum atomic E-state index is 11.5. The van der Waals surface area contributed by atoms with E-state index in [2.05, 4.69) is 20.4 Å². The maximum Gasteiger partial charge on any atom is 0.161 e. The van der Waals surface area contributed by atoms with Crippen LogP contribution in [0.4, 0.5) is 0 Å². The van der Waals surface area contributed by atoms with Gasteiger partial charge < -0.3 is 0 Å². The number of hydrogen-bond donors (Lipinski definition) is 0. The zero-order valence-corrected chi connectivity index (χ0v) is 8.52. The van der Waals surface area contributed by atoms with Crippen molar-refractivity contribution >= 4 is 5.78 Å². The summed E-state index contributed by atoms with van der Waals surface area (Å²) in [7, 11) is 0. The molecule has 0 aliphatic heterocycles. The van der Waals surface area contributed by atoms with E-state index in [9.17, 15) is 4.79 Å². The van der Waals surface area contributed by atoms with Crippen LogP contribution in [0.25, 0.3) is 0 Å². The van der Waals surface area contributed by atoms with Gasteiger partial charge in [-0.15, -0.1) is 0 Å². The zero-order valence-electron chi connectivity index (χ0n) is 8.52. The molecule has 1 unspecified atom stereocenters. The van der Waals surface area contributed by atoms with Gasteiger partial charge in [-0.25, -0.2) is 0 Å². The lowest BCUT2D eigenvalue weighted by molar-refractivity contribution is -0.119. The van der Waals surface area contributed by atoms with Gasteiger partial charge in [0.15, 0.2) is 5.78 Å². The van der Waals surface area contributed by atoms with Crippen LogP contribution in [0.3, 0.4) is 0 Å². The van der Waals surface area contributed by atoms with Gasteiger partial charge >= 0.3 is 0 Å². The lowest BCUT2D eigenvalue weighted by Gasteiger charge is -2.12. The van der Waals surface area contributed by atoms with Crippen LogP contribution in [0.15, 0.2) is 12.2 Å². The molecule has 0 saturated heterocycles. The molecule has 0 aliphatic rings. The second-order valence-corrected chi connectivity index (χ2v) is 3.39. The quantitative estimate of drug-likeness (QED) is 0.556. The van der Waals surface area contributed by atoms with Crippen molar-refractivity contribution in [3.63, 3.8) is 0 Å². The molecule has 0 bridgehead atoms. The molecule has 1 heteroatoms. The van der Waals surface area contributed by atoms with Crippen LogP contribution < -0.4 is 0 Å². The van der Waals surface area contributed by atoms with Gasteiger partial charge in [0.1, 0.15) is 0 Å². The molecular weight excluding hydrogens is 148 g/mol. The minimum atomic E-state index is 0.224. The lowest BCUT2D eigenvalue weighted by Crippen LogP contribution is -2.13. The fourth-order valence-electron chi connectivity index (χ4n) is 1.32. The van der Waals surface area contributed by atoms with Gasteiger partial charge in [0.25, 0.3) is 0 Å². The summed E-state index contributed by atoms with van der Waals surface area (Å²) >= 11 is 0. The molecule has 1 nitrogen and oxygen atoms in total. The van der Waals surface area contributed by atoms with Gasteiger partial charge in [-0.1, -0.05) is 33.3 Å². The fraction of sp³-hybridized carbons (Fsp3) is 0.727. The van der Waals surface area contributed by atoms with E-state index < -0.39 is 0 Å². The molecule has 0 aromatic rings. The summed E-state index contributed by atoms with van der Waals surface area (Å²) in [6.45, 7) is 9.71. The Bertz CT molecular complexity index is 158. The van der Waals surface area contributed by atoms with E-state index in [-0.39, 0.29) is 11.7 Å². The van der Waals surface area contributed by atoms with E-state index >= 15 is 0 Å². The summed E-state index contributed by atoms with van der Waals surface area (Å²) in [5.41, 5.74) is 0.706. The maximum absolute atomic E-state index is 11.5. The van der Waals surface area contributed by atoms with Crippen LogP contribution in [0.1, 0.15) is 46.5 Å². The molecule has 0 fully saturated rings. The van der Waals surface area contributed by atoms with Crippen molar-refractivity contribution in [3.05, 3.63) is 12.2 Å². The highest BCUT2D eigenvalue weighted by Crippen LogP contribution is 2.16. The van der Waals surface area contributed by atoms with E-state index in [1.165, 1.54) is 6.42 Å². The number of hydrogen-bond acceptors (Lipinski definition) is 1. The molecule has 0 saturated carbocycles. The van der Waals surface area contributed by atoms with Gasteiger partial charge in [0, 0.05) is 5.92 Å². The number of Topliss-reactive ketones (excluding diaryl/α,β-unsaturated/α-hetero) is 1. The van der Waals surface area contributed by atoms with E-state index in [4.69, 9.17) is 0 Å². The monoisotopic (exact) mass is 168 g/mol. The molecule has 0 aromatic carbocycles. The highest BCUT2D eigenvalue weighted by molar-refractivity contribution is 5.95. The Morgan fingerprint density at radius 2 is 2.00 bits per heavy atom. The van der Waals surface area contributed by atoms with Crippen molar-refractivity contribution in [1.82, 2.24) is 0 Å². The van der Waals surface area contributed by atoms with E-state index in [0.717, 1.165) is 19.3 Å². The zero-order chi connectivity index (χ0) is 9.56. The minimum Gasteiger partial charge on any atom is -0.294 e. The number of carbonyl (C=O) groups is 1. The fourth-order valence-corrected chi connectivity index (χ4v) is 1.32. The van der Waals surface area contributed by atoms with Crippen LogP contribution in [0, 0.1) is 5.92 Å². The summed E-state index contributed by atoms with van der Waals surface area (Å²) in [5, 5.41) is 0. The number of allylic oxidation sites excluding steroid dienone is 1. The summed E-state index contributed by atoms with van der Waals surface area (Å²) in [4.78, 5) is 11.5. The Labute approximate surface area is 75.9 Å². The first-order chi connectivity index (χ1) is 5.63. The minimum absolute atomic E-state index is 0.224. The Balaban J connectivity index is 3.96. The third kappa shape index (κ3) is 3.70. The largest absolute Gasteiger partial charge is 0.294 e. The second kappa shape index (κ2) is 5.99. The van der Waals surface area contributed by atoms with Crippen LogP contribution in [-0.2, 0) is 4.79 Å². The lowest BCUT2D eigenvalue weighted by atomic mass is 9.92. The average Bonchev–Trinajstić information content (AvgIpc) is 2.05. The summed E-state index contributed by atoms with van der Waals surface area (Å²) < 4.78 is 0. The Morgan fingerprint density at radius 1 is 1.42 bits per heavy atom. The summed E-state index contributed by atoms with van der Waals surface area (Å²) in [6, 6.07) is 0. The molecule has 0 rings (SSSR count). The molecule has 0 aromatic heterocycles. The molecule has 70 valence electrons.